The molecule has 7 atom stereocenters. The minimum atomic E-state index is -0.328. The monoisotopic (exact) mass is 594 g/mol. The van der Waals surface area contributed by atoms with Gasteiger partial charge in [-0.25, -0.2) is 0 Å². The number of nitrogens with zero attached hydrogens (tertiary/aromatic N) is 1. The Morgan fingerprint density at radius 3 is 2.38 bits per heavy atom. The number of imide groups is 1. The van der Waals surface area contributed by atoms with Crippen LogP contribution in [-0.4, -0.2) is 22.0 Å². The Morgan fingerprint density at radius 2 is 1.60 bits per heavy atom. The lowest BCUT2D eigenvalue weighted by Crippen LogP contribution is -2.42. The third kappa shape index (κ3) is 3.81. The van der Waals surface area contributed by atoms with Crippen molar-refractivity contribution >= 4 is 40.6 Å². The van der Waals surface area contributed by atoms with Gasteiger partial charge in [-0.3, -0.25) is 19.3 Å². The number of carbonyl (C=O) groups excluding carboxylic acids is 2. The molecule has 2 aliphatic carbocycles. The molecule has 1 N–H and O–H groups in total. The molecule has 3 heterocycles. The number of rotatable bonds is 5. The first-order valence-electron chi connectivity index (χ1n) is 14.5. The number of carbonyl (C=O) groups is 2. The van der Waals surface area contributed by atoms with Crippen molar-refractivity contribution in [3.63, 3.8) is 0 Å². The SMILES string of the molecule is Cc1ccc(N2C(=O)C3C(C2=O)[C@@H]2C[C@H]3C3Sc4[nH]c(=O)sc4C(c4ccccc4OCc4ccccc4C)C32)cc1. The summed E-state index contributed by atoms with van der Waals surface area (Å²) in [5.41, 5.74) is 5.11. The molecule has 2 amide bonds. The lowest BCUT2D eigenvalue weighted by molar-refractivity contribution is -0.123. The van der Waals surface area contributed by atoms with E-state index in [2.05, 4.69) is 30.1 Å². The average Bonchev–Trinajstić information content (AvgIpc) is 3.72. The number of amides is 2. The molecular weight excluding hydrogens is 565 g/mol. The van der Waals surface area contributed by atoms with Crippen LogP contribution in [0, 0.1) is 43.4 Å². The number of hydrogen-bond donors (Lipinski definition) is 1. The summed E-state index contributed by atoms with van der Waals surface area (Å²) in [5, 5.41) is 1.04. The van der Waals surface area contributed by atoms with Crippen LogP contribution in [0.2, 0.25) is 0 Å². The Hall–Kier alpha value is -3.62. The fourth-order valence-electron chi connectivity index (χ4n) is 8.11. The fraction of sp³-hybridized carbons (Fsp3) is 0.324. The average molecular weight is 595 g/mol. The number of anilines is 1. The molecule has 2 bridgehead atoms. The maximum absolute atomic E-state index is 14.0. The van der Waals surface area contributed by atoms with E-state index in [4.69, 9.17) is 4.74 Å². The molecule has 4 aliphatic rings. The highest BCUT2D eigenvalue weighted by molar-refractivity contribution is 8.00. The summed E-state index contributed by atoms with van der Waals surface area (Å²) in [4.78, 5) is 46.1. The Kier molecular flexibility index (Phi) is 6.02. The second-order valence-corrected chi connectivity index (χ2v) is 14.3. The minimum absolute atomic E-state index is 0.0594. The van der Waals surface area contributed by atoms with E-state index >= 15 is 0 Å². The van der Waals surface area contributed by atoms with Crippen molar-refractivity contribution in [3.8, 4) is 5.75 Å². The molecule has 1 aromatic heterocycles. The van der Waals surface area contributed by atoms with Gasteiger partial charge < -0.3 is 9.72 Å². The van der Waals surface area contributed by atoms with Gasteiger partial charge in [0, 0.05) is 21.6 Å². The van der Waals surface area contributed by atoms with Gasteiger partial charge in [0.15, 0.2) is 0 Å². The molecule has 0 radical (unpaired) electrons. The third-order valence-electron chi connectivity index (χ3n) is 9.91. The van der Waals surface area contributed by atoms with Gasteiger partial charge in [-0.1, -0.05) is 71.5 Å². The van der Waals surface area contributed by atoms with Crippen LogP contribution >= 0.6 is 23.1 Å². The molecule has 5 unspecified atom stereocenters. The van der Waals surface area contributed by atoms with Crippen LogP contribution in [0.3, 0.4) is 0 Å². The molecule has 42 heavy (non-hydrogen) atoms. The zero-order valence-corrected chi connectivity index (χ0v) is 24.9. The molecular formula is C34H30N2O4S2. The molecule has 3 fully saturated rings. The Balaban J connectivity index is 1.19. The fourth-order valence-corrected chi connectivity index (χ4v) is 11.0. The second kappa shape index (κ2) is 9.71. The molecule has 1 saturated heterocycles. The van der Waals surface area contributed by atoms with Crippen molar-refractivity contribution in [2.45, 2.75) is 43.1 Å². The molecule has 6 nitrogen and oxygen atoms in total. The largest absolute Gasteiger partial charge is 0.489 e. The number of aromatic nitrogens is 1. The van der Waals surface area contributed by atoms with Gasteiger partial charge in [0.2, 0.25) is 11.8 Å². The molecule has 8 rings (SSSR count). The maximum atomic E-state index is 14.0. The van der Waals surface area contributed by atoms with E-state index in [9.17, 15) is 14.4 Å². The molecule has 212 valence electrons. The summed E-state index contributed by atoms with van der Waals surface area (Å²) in [6.07, 6.45) is 0.860. The maximum Gasteiger partial charge on any atom is 0.305 e. The summed E-state index contributed by atoms with van der Waals surface area (Å²) >= 11 is 2.98. The lowest BCUT2D eigenvalue weighted by Gasteiger charge is -2.43. The lowest BCUT2D eigenvalue weighted by atomic mass is 9.68. The molecule has 2 aliphatic heterocycles. The molecule has 0 spiro atoms. The number of aromatic amines is 1. The summed E-state index contributed by atoms with van der Waals surface area (Å²) < 4.78 is 6.50. The second-order valence-electron chi connectivity index (χ2n) is 12.1. The van der Waals surface area contributed by atoms with Crippen LogP contribution in [0.25, 0.3) is 0 Å². The normalized spacial score (nSPS) is 29.0. The Bertz CT molecular complexity index is 1790. The van der Waals surface area contributed by atoms with Crippen LogP contribution in [0.15, 0.2) is 82.6 Å². The number of hydrogen-bond acceptors (Lipinski definition) is 6. The number of thiazole rings is 1. The van der Waals surface area contributed by atoms with E-state index in [1.165, 1.54) is 21.8 Å². The standard InChI is InChI=1S/C34H30N2O4S2/c1-17-11-13-20(14-12-17)36-32(37)27-22-15-23(28(27)33(36)38)29-26(22)25(30-31(41-29)35-34(39)42-30)21-9-5-6-10-24(21)40-16-19-8-4-3-7-18(19)2/h3-14,22-23,25-29H,15-16H2,1-2H3,(H,35,39)/t22-,23-,25?,26?,27?,28?,29?/m1/s1. The topological polar surface area (TPSA) is 79.5 Å². The first-order valence-corrected chi connectivity index (χ1v) is 16.2. The smallest absolute Gasteiger partial charge is 0.305 e. The van der Waals surface area contributed by atoms with Crippen LogP contribution in [0.4, 0.5) is 5.69 Å². The predicted octanol–water partition coefficient (Wildman–Crippen LogP) is 6.31. The number of thioether (sulfide) groups is 1. The van der Waals surface area contributed by atoms with Crippen molar-refractivity contribution in [1.29, 1.82) is 0 Å². The van der Waals surface area contributed by atoms with Crippen molar-refractivity contribution in [1.82, 2.24) is 4.98 Å². The number of ether oxygens (including phenoxy) is 1. The molecule has 3 aromatic carbocycles. The van der Waals surface area contributed by atoms with Gasteiger partial charge >= 0.3 is 4.87 Å². The van der Waals surface area contributed by atoms with Gasteiger partial charge in [-0.15, -0.1) is 11.8 Å². The van der Waals surface area contributed by atoms with Gasteiger partial charge in [0.25, 0.3) is 0 Å². The van der Waals surface area contributed by atoms with E-state index in [-0.39, 0.29) is 57.4 Å². The van der Waals surface area contributed by atoms with Gasteiger partial charge in [-0.05, 0) is 67.3 Å². The highest BCUT2D eigenvalue weighted by Gasteiger charge is 2.69. The highest BCUT2D eigenvalue weighted by Crippen LogP contribution is 2.69. The number of aryl methyl sites for hydroxylation is 2. The highest BCUT2D eigenvalue weighted by atomic mass is 32.2. The molecule has 4 aromatic rings. The van der Waals surface area contributed by atoms with Crippen molar-refractivity contribution in [2.75, 3.05) is 4.90 Å². The number of fused-ring (bicyclic) bond motifs is 9. The van der Waals surface area contributed by atoms with E-state index in [0.29, 0.717) is 12.3 Å². The first kappa shape index (κ1) is 26.0. The summed E-state index contributed by atoms with van der Waals surface area (Å²) in [5.74, 6) is 0.212. The van der Waals surface area contributed by atoms with E-state index in [1.807, 2.05) is 61.5 Å². The van der Waals surface area contributed by atoms with Gasteiger partial charge in [-0.2, -0.15) is 0 Å². The number of H-pyrrole nitrogens is 1. The summed E-state index contributed by atoms with van der Waals surface area (Å²) in [6, 6.07) is 24.0. The quantitative estimate of drug-likeness (QED) is 0.274. The summed E-state index contributed by atoms with van der Waals surface area (Å²) in [6.45, 7) is 4.54. The zero-order valence-electron chi connectivity index (χ0n) is 23.3. The van der Waals surface area contributed by atoms with Gasteiger partial charge in [0.1, 0.15) is 12.4 Å². The predicted molar refractivity (Wildman–Crippen MR) is 164 cm³/mol. The zero-order chi connectivity index (χ0) is 28.7. The van der Waals surface area contributed by atoms with Crippen LogP contribution in [-0.2, 0) is 16.2 Å². The number of benzene rings is 3. The molecule has 2 saturated carbocycles. The van der Waals surface area contributed by atoms with Crippen molar-refractivity contribution in [3.05, 3.63) is 110 Å². The number of nitrogens with one attached hydrogen (secondary N) is 1. The van der Waals surface area contributed by atoms with Crippen molar-refractivity contribution < 1.29 is 14.3 Å². The molecule has 8 heteroatoms. The van der Waals surface area contributed by atoms with Crippen molar-refractivity contribution in [2.24, 2.45) is 29.6 Å². The van der Waals surface area contributed by atoms with Gasteiger partial charge in [0.05, 0.1) is 22.5 Å². The Morgan fingerprint density at radius 1 is 0.881 bits per heavy atom. The number of para-hydroxylation sites is 1. The van der Waals surface area contributed by atoms with Crippen LogP contribution < -0.4 is 14.5 Å². The van der Waals surface area contributed by atoms with Crippen LogP contribution in [0.5, 0.6) is 5.75 Å². The van der Waals surface area contributed by atoms with Crippen LogP contribution in [0.1, 0.15) is 39.5 Å². The minimum Gasteiger partial charge on any atom is -0.489 e. The third-order valence-corrected chi connectivity index (χ3v) is 12.5. The Labute approximate surface area is 252 Å². The van der Waals surface area contributed by atoms with E-state index < -0.39 is 0 Å². The first-order chi connectivity index (χ1) is 20.4. The summed E-state index contributed by atoms with van der Waals surface area (Å²) in [7, 11) is 0. The van der Waals surface area contributed by atoms with E-state index in [0.717, 1.165) is 38.8 Å². The van der Waals surface area contributed by atoms with E-state index in [1.54, 1.807) is 11.8 Å².